The summed E-state index contributed by atoms with van der Waals surface area (Å²) >= 11 is 0. The van der Waals surface area contributed by atoms with E-state index in [2.05, 4.69) is 31.9 Å². The number of fused-ring (bicyclic) bond motifs is 1. The molecule has 0 radical (unpaired) electrons. The molecule has 0 spiro atoms. The zero-order chi connectivity index (χ0) is 21.1. The SMILES string of the molecule is COc1cccc(N2CCN([C@H](C)/C(O)=C(\C#N)c3nc4ccccc4[nH]3)CC2)c1. The van der Waals surface area contributed by atoms with Crippen molar-refractivity contribution in [3.8, 4) is 11.8 Å². The number of imidazole rings is 1. The highest BCUT2D eigenvalue weighted by Gasteiger charge is 2.26. The minimum absolute atomic E-state index is 0.0476. The van der Waals surface area contributed by atoms with Crippen molar-refractivity contribution >= 4 is 22.3 Å². The predicted molar refractivity (Wildman–Crippen MR) is 117 cm³/mol. The van der Waals surface area contributed by atoms with Crippen molar-refractivity contribution in [1.29, 1.82) is 5.26 Å². The van der Waals surface area contributed by atoms with Gasteiger partial charge in [0.15, 0.2) is 5.82 Å². The molecule has 0 unspecified atom stereocenters. The van der Waals surface area contributed by atoms with Gasteiger partial charge in [0, 0.05) is 37.9 Å². The normalized spacial score (nSPS) is 16.8. The summed E-state index contributed by atoms with van der Waals surface area (Å²) in [6.07, 6.45) is 0. The van der Waals surface area contributed by atoms with Gasteiger partial charge in [-0.1, -0.05) is 18.2 Å². The second-order valence-corrected chi connectivity index (χ2v) is 7.38. The molecule has 2 N–H and O–H groups in total. The second-order valence-electron chi connectivity index (χ2n) is 7.38. The van der Waals surface area contributed by atoms with Crippen LogP contribution in [0.5, 0.6) is 5.75 Å². The van der Waals surface area contributed by atoms with E-state index in [-0.39, 0.29) is 17.4 Å². The Morgan fingerprint density at radius 1 is 1.17 bits per heavy atom. The third-order valence-electron chi connectivity index (χ3n) is 5.67. The van der Waals surface area contributed by atoms with Gasteiger partial charge in [0.2, 0.25) is 0 Å². The monoisotopic (exact) mass is 403 g/mol. The largest absolute Gasteiger partial charge is 0.509 e. The van der Waals surface area contributed by atoms with Crippen molar-refractivity contribution in [3.05, 3.63) is 60.1 Å². The summed E-state index contributed by atoms with van der Waals surface area (Å²) in [6, 6.07) is 17.5. The smallest absolute Gasteiger partial charge is 0.152 e. The first-order chi connectivity index (χ1) is 14.6. The molecule has 7 heteroatoms. The van der Waals surface area contributed by atoms with Gasteiger partial charge in [-0.15, -0.1) is 0 Å². The Hall–Kier alpha value is -3.50. The average molecular weight is 403 g/mol. The highest BCUT2D eigenvalue weighted by atomic mass is 16.5. The topological polar surface area (TPSA) is 88.4 Å². The molecule has 0 bridgehead atoms. The number of aliphatic hydroxyl groups is 1. The van der Waals surface area contributed by atoms with Crippen LogP contribution in [0.1, 0.15) is 12.7 Å². The predicted octanol–water partition coefficient (Wildman–Crippen LogP) is 3.57. The molecule has 0 amide bonds. The number of aromatic amines is 1. The third-order valence-corrected chi connectivity index (χ3v) is 5.67. The highest BCUT2D eigenvalue weighted by molar-refractivity contribution is 5.83. The van der Waals surface area contributed by atoms with Crippen LogP contribution >= 0.6 is 0 Å². The number of benzene rings is 2. The molecule has 1 aliphatic rings. The lowest BCUT2D eigenvalue weighted by Crippen LogP contribution is -2.50. The fourth-order valence-corrected chi connectivity index (χ4v) is 3.86. The Balaban J connectivity index is 1.49. The van der Waals surface area contributed by atoms with E-state index in [1.807, 2.05) is 49.4 Å². The Kier molecular flexibility index (Phi) is 5.59. The molecule has 1 aliphatic heterocycles. The molecule has 30 heavy (non-hydrogen) atoms. The third kappa shape index (κ3) is 3.82. The number of para-hydroxylation sites is 2. The molecule has 4 rings (SSSR count). The summed E-state index contributed by atoms with van der Waals surface area (Å²) in [5, 5.41) is 20.6. The first-order valence-corrected chi connectivity index (χ1v) is 10.0. The van der Waals surface area contributed by atoms with Gasteiger partial charge in [0.25, 0.3) is 0 Å². The van der Waals surface area contributed by atoms with Gasteiger partial charge < -0.3 is 19.7 Å². The van der Waals surface area contributed by atoms with Crippen molar-refractivity contribution in [1.82, 2.24) is 14.9 Å². The van der Waals surface area contributed by atoms with Crippen LogP contribution in [0.15, 0.2) is 54.3 Å². The van der Waals surface area contributed by atoms with Crippen molar-refractivity contribution in [2.45, 2.75) is 13.0 Å². The Bertz CT molecular complexity index is 1070. The molecule has 154 valence electrons. The quantitative estimate of drug-likeness (QED) is 0.500. The summed E-state index contributed by atoms with van der Waals surface area (Å²) in [5.41, 5.74) is 2.93. The van der Waals surface area contributed by atoms with Crippen molar-refractivity contribution < 1.29 is 9.84 Å². The first-order valence-electron chi connectivity index (χ1n) is 10.0. The lowest BCUT2D eigenvalue weighted by atomic mass is 10.1. The van der Waals surface area contributed by atoms with Gasteiger partial charge in [-0.2, -0.15) is 5.26 Å². The molecule has 7 nitrogen and oxygen atoms in total. The number of rotatable bonds is 5. The van der Waals surface area contributed by atoms with E-state index in [1.165, 1.54) is 0 Å². The molecule has 0 aliphatic carbocycles. The van der Waals surface area contributed by atoms with E-state index in [4.69, 9.17) is 4.74 Å². The van der Waals surface area contributed by atoms with Crippen LogP contribution in [0.3, 0.4) is 0 Å². The number of anilines is 1. The standard InChI is InChI=1S/C23H25N5O2/c1-16(22(29)19(15-24)23-25-20-8-3-4-9-21(20)26-23)27-10-12-28(13-11-27)17-6-5-7-18(14-17)30-2/h3-9,14,16,29H,10-13H2,1-2H3,(H,25,26)/b22-19-/t16-/m1/s1. The molecular formula is C23H25N5O2. The molecule has 1 aromatic heterocycles. The van der Waals surface area contributed by atoms with Crippen LogP contribution in [0.4, 0.5) is 5.69 Å². The van der Waals surface area contributed by atoms with Gasteiger partial charge >= 0.3 is 0 Å². The van der Waals surface area contributed by atoms with Crippen LogP contribution in [0.25, 0.3) is 16.6 Å². The number of hydrogen-bond acceptors (Lipinski definition) is 6. The number of nitriles is 1. The fourth-order valence-electron chi connectivity index (χ4n) is 3.86. The minimum Gasteiger partial charge on any atom is -0.509 e. The maximum absolute atomic E-state index is 10.9. The number of H-pyrrole nitrogens is 1. The van der Waals surface area contributed by atoms with Crippen molar-refractivity contribution in [2.75, 3.05) is 38.2 Å². The minimum atomic E-state index is -0.277. The number of nitrogens with one attached hydrogen (secondary N) is 1. The van der Waals surface area contributed by atoms with E-state index in [9.17, 15) is 10.4 Å². The highest BCUT2D eigenvalue weighted by Crippen LogP contribution is 2.25. The van der Waals surface area contributed by atoms with Gasteiger partial charge in [-0.05, 0) is 31.2 Å². The summed E-state index contributed by atoms with van der Waals surface area (Å²) in [4.78, 5) is 12.1. The van der Waals surface area contributed by atoms with Crippen LogP contribution in [0, 0.1) is 11.3 Å². The summed E-state index contributed by atoms with van der Waals surface area (Å²) in [5.74, 6) is 1.29. The van der Waals surface area contributed by atoms with Crippen LogP contribution in [-0.4, -0.2) is 59.3 Å². The van der Waals surface area contributed by atoms with E-state index >= 15 is 0 Å². The molecule has 2 aromatic carbocycles. The molecule has 3 aromatic rings. The second kappa shape index (κ2) is 8.47. The van der Waals surface area contributed by atoms with Gasteiger partial charge in [0.1, 0.15) is 23.2 Å². The van der Waals surface area contributed by atoms with E-state index in [1.54, 1.807) is 7.11 Å². The molecule has 1 fully saturated rings. The van der Waals surface area contributed by atoms with Gasteiger partial charge in [0.05, 0.1) is 24.2 Å². The Morgan fingerprint density at radius 3 is 2.63 bits per heavy atom. The lowest BCUT2D eigenvalue weighted by Gasteiger charge is -2.39. The summed E-state index contributed by atoms with van der Waals surface area (Å²) in [7, 11) is 1.67. The number of allylic oxidation sites excluding steroid dienone is 1. The van der Waals surface area contributed by atoms with Crippen molar-refractivity contribution in [2.24, 2.45) is 0 Å². The molecule has 0 saturated carbocycles. The maximum atomic E-state index is 10.9. The molecular weight excluding hydrogens is 378 g/mol. The number of nitrogens with zero attached hydrogens (tertiary/aromatic N) is 4. The van der Waals surface area contributed by atoms with Gasteiger partial charge in [-0.3, -0.25) is 4.90 Å². The number of ether oxygens (including phenoxy) is 1. The van der Waals surface area contributed by atoms with E-state index in [0.29, 0.717) is 5.82 Å². The average Bonchev–Trinajstić information content (AvgIpc) is 3.23. The number of aliphatic hydroxyl groups excluding tert-OH is 1. The maximum Gasteiger partial charge on any atom is 0.152 e. The summed E-state index contributed by atoms with van der Waals surface area (Å²) in [6.45, 7) is 5.15. The van der Waals surface area contributed by atoms with E-state index < -0.39 is 0 Å². The molecule has 2 heterocycles. The summed E-state index contributed by atoms with van der Waals surface area (Å²) < 4.78 is 5.32. The number of aromatic nitrogens is 2. The van der Waals surface area contributed by atoms with E-state index in [0.717, 1.165) is 48.6 Å². The molecule has 1 saturated heterocycles. The zero-order valence-electron chi connectivity index (χ0n) is 17.2. The van der Waals surface area contributed by atoms with Gasteiger partial charge in [-0.25, -0.2) is 4.98 Å². The van der Waals surface area contributed by atoms with Crippen LogP contribution < -0.4 is 9.64 Å². The van der Waals surface area contributed by atoms with Crippen molar-refractivity contribution in [3.63, 3.8) is 0 Å². The zero-order valence-corrected chi connectivity index (χ0v) is 17.2. The Labute approximate surface area is 175 Å². The van der Waals surface area contributed by atoms with Crippen LogP contribution in [-0.2, 0) is 0 Å². The van der Waals surface area contributed by atoms with Crippen LogP contribution in [0.2, 0.25) is 0 Å². The molecule has 1 atom stereocenters. The number of methoxy groups -OCH3 is 1. The Morgan fingerprint density at radius 2 is 1.93 bits per heavy atom. The number of hydrogen-bond donors (Lipinski definition) is 2. The number of piperazine rings is 1. The first kappa shape index (κ1) is 19.8. The fraction of sp³-hybridized carbons (Fsp3) is 0.304. The lowest BCUT2D eigenvalue weighted by molar-refractivity contribution is 0.178.